The summed E-state index contributed by atoms with van der Waals surface area (Å²) in [5.74, 6) is -1.10. The van der Waals surface area contributed by atoms with Gasteiger partial charge in [-0.25, -0.2) is 0 Å². The van der Waals surface area contributed by atoms with Gasteiger partial charge in [-0.15, -0.1) is 0 Å². The molecule has 804 valence electrons. The number of phenols is 4. The van der Waals surface area contributed by atoms with Gasteiger partial charge in [0.25, 0.3) is 23.6 Å². The molecule has 20 atom stereocenters. The number of nitrogens with zero attached hydrogens (tertiary/aromatic N) is 4. The van der Waals surface area contributed by atoms with Crippen molar-refractivity contribution in [3.8, 4) is 159 Å². The molecule has 4 fully saturated rings. The first-order valence-corrected chi connectivity index (χ1v) is 47.7. The van der Waals surface area contributed by atoms with Crippen LogP contribution in [0, 0.1) is 0 Å². The average Bonchev–Trinajstić information content (AvgIpc) is 1.61. The summed E-state index contributed by atoms with van der Waals surface area (Å²) in [5, 5.41) is 209. The molecule has 4 aliphatic heterocycles. The highest BCUT2D eigenvalue weighted by Crippen LogP contribution is 2.51. The van der Waals surface area contributed by atoms with Crippen molar-refractivity contribution in [1.82, 2.24) is 41.9 Å². The molecule has 0 saturated carbocycles. The third-order valence-corrected chi connectivity index (χ3v) is 25.2. The van der Waals surface area contributed by atoms with Crippen molar-refractivity contribution < 1.29 is 186 Å². The van der Waals surface area contributed by atoms with Gasteiger partial charge in [0.15, 0.2) is 45.8 Å². The van der Waals surface area contributed by atoms with E-state index in [9.17, 15) is 111 Å². The molecule has 8 heterocycles. The lowest BCUT2D eigenvalue weighted by molar-refractivity contribution is -0.277. The number of benzene rings is 8. The van der Waals surface area contributed by atoms with Gasteiger partial charge in [-0.3, -0.25) is 19.2 Å². The molecule has 8 aromatic carbocycles. The highest BCUT2D eigenvalue weighted by molar-refractivity contribution is 6.34. The van der Waals surface area contributed by atoms with E-state index in [0.717, 1.165) is 12.1 Å². The minimum Gasteiger partial charge on any atom is -0.507 e. The fourth-order valence-corrected chi connectivity index (χ4v) is 16.7. The van der Waals surface area contributed by atoms with E-state index in [1.807, 2.05) is 0 Å². The molecule has 16 rings (SSSR count). The van der Waals surface area contributed by atoms with E-state index in [0.29, 0.717) is 88.1 Å². The molecular formula is C100H108Cl4N8O38. The van der Waals surface area contributed by atoms with Crippen molar-refractivity contribution in [2.75, 3.05) is 67.8 Å². The summed E-state index contributed by atoms with van der Waals surface area (Å²) in [6.45, 7) is 10.1. The summed E-state index contributed by atoms with van der Waals surface area (Å²) in [6, 6.07) is 37.2. The van der Waals surface area contributed by atoms with Crippen molar-refractivity contribution >= 4 is 70.0 Å². The summed E-state index contributed by atoms with van der Waals surface area (Å²) in [6.07, 6.45) is -28.8. The highest BCUT2D eigenvalue weighted by Gasteiger charge is 2.50. The zero-order valence-corrected chi connectivity index (χ0v) is 84.2. The smallest absolute Gasteiger partial charge is 0.274 e. The quantitative estimate of drug-likeness (QED) is 0.0210. The Morgan fingerprint density at radius 2 is 0.527 bits per heavy atom. The number of ether oxygens (including phenoxy) is 12. The maximum Gasteiger partial charge on any atom is 0.274 e. The summed E-state index contributed by atoms with van der Waals surface area (Å²) in [7, 11) is 6.10. The number of hydrogen-bond donors (Lipinski definition) is 22. The van der Waals surface area contributed by atoms with E-state index < -0.39 is 160 Å². The molecular weight excluding hydrogens is 2060 g/mol. The zero-order valence-electron chi connectivity index (χ0n) is 81.2. The second-order valence-electron chi connectivity index (χ2n) is 33.7. The maximum atomic E-state index is 12.8. The minimum atomic E-state index is -1.72. The Bertz CT molecular complexity index is 6660. The van der Waals surface area contributed by atoms with E-state index in [-0.39, 0.29) is 140 Å². The Labute approximate surface area is 872 Å². The second-order valence-corrected chi connectivity index (χ2v) is 35.3. The Kier molecular flexibility index (Phi) is 38.2. The number of aliphatic hydroxyl groups is 14. The number of aromatic nitrogens is 4. The van der Waals surface area contributed by atoms with Crippen molar-refractivity contribution in [2.45, 2.75) is 164 Å². The number of aromatic hydroxyl groups is 4. The molecule has 4 aromatic heterocycles. The molecule has 0 radical (unpaired) electrons. The topological polar surface area (TPSA) is 695 Å². The van der Waals surface area contributed by atoms with Gasteiger partial charge in [0, 0.05) is 50.4 Å². The lowest BCUT2D eigenvalue weighted by Crippen LogP contribution is -2.60. The second kappa shape index (κ2) is 50.4. The number of phenolic OH excluding ortho intramolecular Hbond substituents is 4. The van der Waals surface area contributed by atoms with Crippen LogP contribution in [0.4, 0.5) is 0 Å². The van der Waals surface area contributed by atoms with Gasteiger partial charge in [0.1, 0.15) is 154 Å². The Morgan fingerprint density at radius 1 is 0.300 bits per heavy atom. The van der Waals surface area contributed by atoms with Crippen LogP contribution >= 0.6 is 46.4 Å². The molecule has 0 spiro atoms. The fourth-order valence-electron chi connectivity index (χ4n) is 15.9. The van der Waals surface area contributed by atoms with E-state index in [4.69, 9.17) is 121 Å². The van der Waals surface area contributed by atoms with Gasteiger partial charge in [0.2, 0.25) is 25.2 Å². The van der Waals surface area contributed by atoms with Crippen LogP contribution in [0.15, 0.2) is 164 Å². The number of nitrogens with one attached hydrogen (secondary N) is 4. The molecule has 0 aliphatic carbocycles. The molecule has 46 nitrogen and oxygen atoms in total. The van der Waals surface area contributed by atoms with Crippen LogP contribution in [0.2, 0.25) is 20.1 Å². The third kappa shape index (κ3) is 24.9. The van der Waals surface area contributed by atoms with Gasteiger partial charge < -0.3 is 188 Å². The number of carbonyl (C=O) groups is 4. The minimum absolute atomic E-state index is 0.00159. The number of amides is 4. The Morgan fingerprint density at radius 3 is 0.773 bits per heavy atom. The van der Waals surface area contributed by atoms with E-state index in [1.165, 1.54) is 78.7 Å². The summed E-state index contributed by atoms with van der Waals surface area (Å²) in [4.78, 5) is 51.0. The van der Waals surface area contributed by atoms with Crippen LogP contribution < -0.4 is 59.2 Å². The van der Waals surface area contributed by atoms with Gasteiger partial charge in [0.05, 0.1) is 118 Å². The molecule has 0 bridgehead atoms. The fraction of sp³-hybridized carbons (Fsp3) is 0.360. The average molecular weight is 2170 g/mol. The maximum absolute atomic E-state index is 12.8. The van der Waals surface area contributed by atoms with Crippen molar-refractivity contribution in [3.05, 3.63) is 188 Å². The molecule has 22 N–H and O–H groups in total. The summed E-state index contributed by atoms with van der Waals surface area (Å²) >= 11 is 25.3. The van der Waals surface area contributed by atoms with Crippen LogP contribution in [0.1, 0.15) is 83.5 Å². The summed E-state index contributed by atoms with van der Waals surface area (Å²) in [5.41, 5.74) is 3.93. The number of halogens is 4. The van der Waals surface area contributed by atoms with E-state index >= 15 is 0 Å². The molecule has 150 heavy (non-hydrogen) atoms. The Balaban J connectivity index is 0.000000167. The largest absolute Gasteiger partial charge is 0.507 e. The molecule has 12 aromatic rings. The highest BCUT2D eigenvalue weighted by atomic mass is 35.5. The predicted octanol–water partition coefficient (Wildman–Crippen LogP) is 7.27. The first kappa shape index (κ1) is 114. The monoisotopic (exact) mass is 2170 g/mol. The molecule has 50 heteroatoms. The zero-order chi connectivity index (χ0) is 109. The standard InChI is InChI=1S/2C25H27ClN2O10.2C25H27ClN2O9/c1-3-27-24(34)19-18(11-4-6-12(35-2)7-5-11)23(38-28-19)13-8-14(26)15(30)9-16(13)36-25-22(33)21(32)20(31)17(10-29)37-25;1-3-27-24(34)19-18(11-4-6-12(35-2)7-5-11)23(38-28-19)13-8-14(26)16(9-15(13)30)36-25-22(33)21(32)20(31)17(10-29)37-25;1-4-27-24(33)19-18(12-5-7-13(34-3)8-6-12)23(37-28-19)14-9-15(26)16(29)10-17(14)36-25-22(32)21(31)20(30)11(2)35-25;1-4-27-24(33)19-18(12-5-7-13(34-3)8-6-12)23(37-28-19)14-9-15(26)17(10-16(14)29)36-25-22(32)21(31)20(30)11(2)35-25/h2*4-9,17,20-22,25,29-33H,3,10H2,1-2H3,(H,27,34);2*5-11,20-22,25,29-32H,4H2,1-3H3,(H,27,33)/t2*17-,20+,21+,22-,25-;2*11-,20+,21+,22-,25-/m1100/s1. The Hall–Kier alpha value is -13.5. The van der Waals surface area contributed by atoms with Crippen molar-refractivity contribution in [2.24, 2.45) is 0 Å². The lowest BCUT2D eigenvalue weighted by atomic mass is 9.97. The van der Waals surface area contributed by atoms with Gasteiger partial charge >= 0.3 is 0 Å². The number of aliphatic hydroxyl groups excluding tert-OH is 14. The first-order valence-electron chi connectivity index (χ1n) is 46.2. The van der Waals surface area contributed by atoms with Crippen LogP contribution in [-0.4, -0.2) is 327 Å². The van der Waals surface area contributed by atoms with Crippen LogP contribution in [0.3, 0.4) is 0 Å². The van der Waals surface area contributed by atoms with Gasteiger partial charge in [-0.2, -0.15) is 0 Å². The lowest BCUT2D eigenvalue weighted by Gasteiger charge is -2.39. The van der Waals surface area contributed by atoms with Gasteiger partial charge in [-0.1, -0.05) is 116 Å². The number of methoxy groups -OCH3 is 4. The SMILES string of the molecule is CCNC(=O)c1noc(-c2cc(Cl)c(O)cc2O[C@@H]2O[C@@H](C)[C@@H](O)[C@@H](O)[C@@H]2O)c1-c1ccc(OC)cc1.CCNC(=O)c1noc(-c2cc(Cl)c(O)cc2O[C@@H]2O[C@H](CO)[C@H](O)[C@H](O)[C@H]2O)c1-c1ccc(OC)cc1.CCNC(=O)c1noc(-c2cc(Cl)c(O[C@@H]3O[C@@H](C)[C@@H](O)[C@@H](O)[C@@H]3O)cc2O)c1-c1ccc(OC)cc1.CCNC(=O)c1noc(-c2cc(Cl)c(O[C@@H]3O[C@H](CO)[C@H](O)[C@H](O)[C@H]3O)cc2O)c1-c1ccc(OC)cc1. The molecule has 4 saturated heterocycles. The van der Waals surface area contributed by atoms with E-state index in [2.05, 4.69) is 41.9 Å². The predicted molar refractivity (Wildman–Crippen MR) is 529 cm³/mol. The molecule has 0 unspecified atom stereocenters. The van der Waals surface area contributed by atoms with E-state index in [1.54, 1.807) is 125 Å². The van der Waals surface area contributed by atoms with Crippen molar-refractivity contribution in [3.63, 3.8) is 0 Å². The molecule has 4 amide bonds. The van der Waals surface area contributed by atoms with Gasteiger partial charge in [-0.05, 0) is 137 Å². The number of rotatable bonds is 30. The van der Waals surface area contributed by atoms with Crippen LogP contribution in [-0.2, 0) is 18.9 Å². The number of carbonyl (C=O) groups excluding carboxylic acids is 4. The normalized spacial score (nSPS) is 23.3. The first-order chi connectivity index (χ1) is 71.7. The molecule has 4 aliphatic rings. The number of hydrogen-bond acceptors (Lipinski definition) is 42. The van der Waals surface area contributed by atoms with Crippen LogP contribution in [0.25, 0.3) is 89.8 Å². The summed E-state index contributed by atoms with van der Waals surface area (Å²) < 4.78 is 87.7. The van der Waals surface area contributed by atoms with Crippen molar-refractivity contribution in [1.29, 1.82) is 0 Å². The van der Waals surface area contributed by atoms with Crippen LogP contribution in [0.5, 0.6) is 69.0 Å². The third-order valence-electron chi connectivity index (χ3n) is 24.0.